The molecule has 2 heteroatoms. The molecule has 1 heterocycles. The van der Waals surface area contributed by atoms with Crippen LogP contribution in [0.1, 0.15) is 38.7 Å². The van der Waals surface area contributed by atoms with Gasteiger partial charge in [0.25, 0.3) is 0 Å². The van der Waals surface area contributed by atoms with Crippen LogP contribution in [-0.4, -0.2) is 27.7 Å². The molecule has 1 aromatic carbocycles. The fraction of sp³-hybridized carbons (Fsp3) is 0.625. The molecule has 2 nitrogen and oxygen atoms in total. The first-order chi connectivity index (χ1) is 8.55. The minimum absolute atomic E-state index is 0.330. The van der Waals surface area contributed by atoms with Crippen molar-refractivity contribution in [2.75, 3.05) is 0 Å². The number of rotatable bonds is 3. The Morgan fingerprint density at radius 2 is 1.94 bits per heavy atom. The summed E-state index contributed by atoms with van der Waals surface area (Å²) in [4.78, 5) is 2.55. The zero-order valence-corrected chi connectivity index (χ0v) is 11.3. The Balaban J connectivity index is 1.82. The summed E-state index contributed by atoms with van der Waals surface area (Å²) in [6, 6.07) is 11.7. The van der Waals surface area contributed by atoms with E-state index in [4.69, 9.17) is 0 Å². The summed E-state index contributed by atoms with van der Waals surface area (Å²) in [5.74, 6) is 0.693. The zero-order valence-electron chi connectivity index (χ0n) is 11.3. The third kappa shape index (κ3) is 2.08. The van der Waals surface area contributed by atoms with Crippen molar-refractivity contribution in [2.45, 2.75) is 57.3 Å². The van der Waals surface area contributed by atoms with Gasteiger partial charge in [0.05, 0.1) is 5.60 Å². The lowest BCUT2D eigenvalue weighted by atomic mass is 9.86. The predicted molar refractivity (Wildman–Crippen MR) is 73.2 cm³/mol. The summed E-state index contributed by atoms with van der Waals surface area (Å²) in [6.45, 7) is 4.92. The number of fused-ring (bicyclic) bond motifs is 2. The number of piperidine rings is 1. The van der Waals surface area contributed by atoms with Gasteiger partial charge < -0.3 is 5.11 Å². The Morgan fingerprint density at radius 3 is 2.61 bits per heavy atom. The molecule has 2 bridgehead atoms. The van der Waals surface area contributed by atoms with E-state index in [-0.39, 0.29) is 0 Å². The maximum atomic E-state index is 10.4. The van der Waals surface area contributed by atoms with Gasteiger partial charge >= 0.3 is 0 Å². The number of hydrogen-bond donors (Lipinski definition) is 1. The third-order valence-corrected chi connectivity index (χ3v) is 4.65. The van der Waals surface area contributed by atoms with Crippen molar-refractivity contribution >= 4 is 0 Å². The van der Waals surface area contributed by atoms with E-state index < -0.39 is 5.60 Å². The molecule has 18 heavy (non-hydrogen) atoms. The Morgan fingerprint density at radius 1 is 1.22 bits per heavy atom. The highest BCUT2D eigenvalue weighted by molar-refractivity contribution is 5.16. The molecule has 0 aromatic heterocycles. The molecule has 0 amide bonds. The van der Waals surface area contributed by atoms with E-state index in [1.807, 2.05) is 13.8 Å². The summed E-state index contributed by atoms with van der Waals surface area (Å²) in [7, 11) is 0. The topological polar surface area (TPSA) is 23.5 Å². The van der Waals surface area contributed by atoms with Gasteiger partial charge in [0.1, 0.15) is 0 Å². The molecule has 1 saturated heterocycles. The van der Waals surface area contributed by atoms with Crippen LogP contribution in [0.2, 0.25) is 0 Å². The SMILES string of the molecule is CC(C)(O)[C@H]1[C@@H]2CC[C@@H](C2)N1Cc1ccccc1. The Hall–Kier alpha value is -0.860. The first-order valence-corrected chi connectivity index (χ1v) is 7.08. The highest BCUT2D eigenvalue weighted by Crippen LogP contribution is 2.46. The van der Waals surface area contributed by atoms with Crippen LogP contribution in [0.15, 0.2) is 30.3 Å². The number of aliphatic hydroxyl groups is 1. The monoisotopic (exact) mass is 245 g/mol. The molecule has 3 rings (SSSR count). The van der Waals surface area contributed by atoms with Crippen molar-refractivity contribution < 1.29 is 5.11 Å². The van der Waals surface area contributed by atoms with E-state index in [1.165, 1.54) is 24.8 Å². The molecule has 1 aromatic rings. The van der Waals surface area contributed by atoms with Crippen molar-refractivity contribution in [3.8, 4) is 0 Å². The second-order valence-electron chi connectivity index (χ2n) is 6.48. The average molecular weight is 245 g/mol. The quantitative estimate of drug-likeness (QED) is 0.885. The minimum atomic E-state index is -0.589. The van der Waals surface area contributed by atoms with Crippen LogP contribution in [0.5, 0.6) is 0 Å². The summed E-state index contributed by atoms with van der Waals surface area (Å²) in [5, 5.41) is 10.4. The van der Waals surface area contributed by atoms with E-state index in [0.717, 1.165) is 6.54 Å². The second-order valence-corrected chi connectivity index (χ2v) is 6.48. The maximum absolute atomic E-state index is 10.4. The van der Waals surface area contributed by atoms with Crippen LogP contribution in [0.4, 0.5) is 0 Å². The van der Waals surface area contributed by atoms with Crippen LogP contribution in [0.3, 0.4) is 0 Å². The molecule has 3 atom stereocenters. The van der Waals surface area contributed by atoms with E-state index in [9.17, 15) is 5.11 Å². The molecule has 1 aliphatic carbocycles. The third-order valence-electron chi connectivity index (χ3n) is 4.65. The van der Waals surface area contributed by atoms with Gasteiger partial charge in [-0.05, 0) is 44.6 Å². The van der Waals surface area contributed by atoms with Gasteiger partial charge in [0.15, 0.2) is 0 Å². The zero-order chi connectivity index (χ0) is 12.8. The molecule has 0 radical (unpaired) electrons. The van der Waals surface area contributed by atoms with E-state index in [1.54, 1.807) is 0 Å². The highest BCUT2D eigenvalue weighted by Gasteiger charge is 2.50. The van der Waals surface area contributed by atoms with Gasteiger partial charge in [-0.15, -0.1) is 0 Å². The van der Waals surface area contributed by atoms with Gasteiger partial charge in [0.2, 0.25) is 0 Å². The Labute approximate surface area is 110 Å². The lowest BCUT2D eigenvalue weighted by molar-refractivity contribution is -0.0436. The molecule has 1 aliphatic heterocycles. The Bertz CT molecular complexity index is 409. The van der Waals surface area contributed by atoms with Crippen LogP contribution >= 0.6 is 0 Å². The molecule has 0 unspecified atom stereocenters. The van der Waals surface area contributed by atoms with Gasteiger partial charge in [-0.25, -0.2) is 0 Å². The largest absolute Gasteiger partial charge is 0.389 e. The van der Waals surface area contributed by atoms with Gasteiger partial charge in [0, 0.05) is 18.6 Å². The van der Waals surface area contributed by atoms with Gasteiger partial charge in [-0.3, -0.25) is 4.90 Å². The summed E-state index contributed by atoms with van der Waals surface area (Å²) in [5.41, 5.74) is 0.772. The van der Waals surface area contributed by atoms with E-state index >= 15 is 0 Å². The highest BCUT2D eigenvalue weighted by atomic mass is 16.3. The van der Waals surface area contributed by atoms with Crippen molar-refractivity contribution in [1.82, 2.24) is 4.90 Å². The summed E-state index contributed by atoms with van der Waals surface area (Å²) in [6.07, 6.45) is 3.89. The molecular formula is C16H23NO. The maximum Gasteiger partial charge on any atom is 0.0749 e. The van der Waals surface area contributed by atoms with Gasteiger partial charge in [-0.1, -0.05) is 30.3 Å². The fourth-order valence-corrected chi connectivity index (χ4v) is 4.08. The smallest absolute Gasteiger partial charge is 0.0749 e. The molecule has 0 spiro atoms. The predicted octanol–water partition coefficient (Wildman–Crippen LogP) is 2.81. The molecule has 1 N–H and O–H groups in total. The number of likely N-dealkylation sites (tertiary alicyclic amines) is 1. The first-order valence-electron chi connectivity index (χ1n) is 7.08. The standard InChI is InChI=1S/C16H23NO/c1-16(2,18)15-13-8-9-14(10-13)17(15)11-12-6-4-3-5-7-12/h3-7,13-15,18H,8-11H2,1-2H3/t13-,14+,15-/m1/s1. The first kappa shape index (κ1) is 12.2. The second kappa shape index (κ2) is 4.36. The molecular weight excluding hydrogens is 222 g/mol. The average Bonchev–Trinajstić information content (AvgIpc) is 2.89. The van der Waals surface area contributed by atoms with Crippen molar-refractivity contribution in [1.29, 1.82) is 0 Å². The van der Waals surface area contributed by atoms with Crippen molar-refractivity contribution in [3.63, 3.8) is 0 Å². The number of hydrogen-bond acceptors (Lipinski definition) is 2. The fourth-order valence-electron chi connectivity index (χ4n) is 4.08. The van der Waals surface area contributed by atoms with Crippen LogP contribution in [0, 0.1) is 5.92 Å². The minimum Gasteiger partial charge on any atom is -0.389 e. The lowest BCUT2D eigenvalue weighted by Crippen LogP contribution is -2.52. The van der Waals surface area contributed by atoms with Crippen LogP contribution < -0.4 is 0 Å². The number of nitrogens with zero attached hydrogens (tertiary/aromatic N) is 1. The van der Waals surface area contributed by atoms with E-state index in [0.29, 0.717) is 18.0 Å². The molecule has 2 fully saturated rings. The molecule has 1 saturated carbocycles. The van der Waals surface area contributed by atoms with Crippen LogP contribution in [-0.2, 0) is 6.54 Å². The van der Waals surface area contributed by atoms with Crippen molar-refractivity contribution in [3.05, 3.63) is 35.9 Å². The van der Waals surface area contributed by atoms with Crippen molar-refractivity contribution in [2.24, 2.45) is 5.92 Å². The summed E-state index contributed by atoms with van der Waals surface area (Å²) >= 11 is 0. The normalized spacial score (nSPS) is 32.1. The van der Waals surface area contributed by atoms with E-state index in [2.05, 4.69) is 35.2 Å². The summed E-state index contributed by atoms with van der Waals surface area (Å²) < 4.78 is 0. The molecule has 2 aliphatic rings. The number of benzene rings is 1. The van der Waals surface area contributed by atoms with Gasteiger partial charge in [-0.2, -0.15) is 0 Å². The molecule has 98 valence electrons. The lowest BCUT2D eigenvalue weighted by Gasteiger charge is -2.42. The van der Waals surface area contributed by atoms with Crippen LogP contribution in [0.25, 0.3) is 0 Å². The Kier molecular flexibility index (Phi) is 2.95.